The molecule has 0 aromatic heterocycles. The smallest absolute Gasteiger partial charge is 0.256 e. The van der Waals surface area contributed by atoms with Crippen molar-refractivity contribution in [3.8, 4) is 0 Å². The molecule has 0 radical (unpaired) electrons. The van der Waals surface area contributed by atoms with Crippen LogP contribution in [0.2, 0.25) is 0 Å². The zero-order valence-corrected chi connectivity index (χ0v) is 6.70. The lowest BCUT2D eigenvalue weighted by atomic mass is 10.3. The molecule has 64 valence electrons. The second-order valence-electron chi connectivity index (χ2n) is 2.62. The molecule has 1 aliphatic heterocycles. The Hall–Kier alpha value is -1.58. The number of nitrogens with zero attached hydrogens (tertiary/aromatic N) is 1. The van der Waals surface area contributed by atoms with Gasteiger partial charge in [0.25, 0.3) is 11.8 Å². The molecule has 0 bridgehead atoms. The highest BCUT2D eigenvalue weighted by atomic mass is 16.3. The van der Waals surface area contributed by atoms with Crippen LogP contribution in [-0.4, -0.2) is 28.4 Å². The monoisotopic (exact) mass is 167 g/mol. The lowest BCUT2D eigenvalue weighted by Crippen LogP contribution is -2.32. The molecule has 1 heterocycles. The van der Waals surface area contributed by atoms with Crippen molar-refractivity contribution in [2.24, 2.45) is 0 Å². The van der Waals surface area contributed by atoms with Gasteiger partial charge in [0.1, 0.15) is 5.76 Å². The van der Waals surface area contributed by atoms with E-state index in [4.69, 9.17) is 5.11 Å². The summed E-state index contributed by atoms with van der Waals surface area (Å²) < 4.78 is 0. The van der Waals surface area contributed by atoms with Crippen molar-refractivity contribution >= 4 is 11.8 Å². The zero-order chi connectivity index (χ0) is 9.30. The lowest BCUT2D eigenvalue weighted by molar-refractivity contribution is -0.137. The van der Waals surface area contributed by atoms with Gasteiger partial charge in [-0.25, -0.2) is 0 Å². The van der Waals surface area contributed by atoms with Crippen LogP contribution in [0.15, 0.2) is 24.0 Å². The average Bonchev–Trinajstić information content (AvgIpc) is 2.16. The van der Waals surface area contributed by atoms with E-state index in [1.165, 1.54) is 6.08 Å². The van der Waals surface area contributed by atoms with Crippen molar-refractivity contribution in [1.29, 1.82) is 0 Å². The maximum atomic E-state index is 11.1. The third-order valence-electron chi connectivity index (χ3n) is 1.53. The summed E-state index contributed by atoms with van der Waals surface area (Å²) >= 11 is 0. The van der Waals surface area contributed by atoms with Crippen LogP contribution in [0.1, 0.15) is 6.92 Å². The molecular formula is C8H9NO3. The molecule has 0 spiro atoms. The molecule has 12 heavy (non-hydrogen) atoms. The third kappa shape index (κ3) is 1.37. The molecule has 0 saturated carbocycles. The number of hydrogen-bond acceptors (Lipinski definition) is 3. The molecule has 0 aliphatic carbocycles. The number of amides is 2. The van der Waals surface area contributed by atoms with Crippen molar-refractivity contribution in [3.05, 3.63) is 24.0 Å². The molecular weight excluding hydrogens is 158 g/mol. The molecule has 0 fully saturated rings. The molecule has 0 unspecified atom stereocenters. The highest BCUT2D eigenvalue weighted by Gasteiger charge is 2.28. The fourth-order valence-electron chi connectivity index (χ4n) is 0.970. The molecule has 1 aliphatic rings. The summed E-state index contributed by atoms with van der Waals surface area (Å²) in [5, 5.41) is 8.77. The van der Waals surface area contributed by atoms with Crippen molar-refractivity contribution in [1.82, 2.24) is 4.90 Å². The summed E-state index contributed by atoms with van der Waals surface area (Å²) in [6.07, 6.45) is 1.24. The topological polar surface area (TPSA) is 57.6 Å². The van der Waals surface area contributed by atoms with Crippen LogP contribution in [0.25, 0.3) is 0 Å². The predicted octanol–water partition coefficient (Wildman–Crippen LogP) is 0.373. The fourth-order valence-corrected chi connectivity index (χ4v) is 0.970. The van der Waals surface area contributed by atoms with Gasteiger partial charge in [0.15, 0.2) is 0 Å². The van der Waals surface area contributed by atoms with E-state index >= 15 is 0 Å². The van der Waals surface area contributed by atoms with Gasteiger partial charge in [-0.2, -0.15) is 0 Å². The Morgan fingerprint density at radius 3 is 2.58 bits per heavy atom. The van der Waals surface area contributed by atoms with E-state index in [0.29, 0.717) is 5.57 Å². The minimum Gasteiger partial charge on any atom is -0.511 e. The number of imide groups is 1. The average molecular weight is 167 g/mol. The van der Waals surface area contributed by atoms with Crippen LogP contribution >= 0.6 is 0 Å². The molecule has 0 atom stereocenters. The van der Waals surface area contributed by atoms with Gasteiger partial charge in [0, 0.05) is 11.6 Å². The number of rotatable bonds is 2. The standard InChI is InChI=1S/C8H9NO3/c1-5-3-7(11)9(8(5)12)4-6(2)10/h3,10H,2,4H2,1H3. The van der Waals surface area contributed by atoms with Gasteiger partial charge in [-0.1, -0.05) is 6.58 Å². The Kier molecular flexibility index (Phi) is 1.99. The first-order valence-electron chi connectivity index (χ1n) is 3.43. The Bertz CT molecular complexity index is 291. The van der Waals surface area contributed by atoms with E-state index in [1.807, 2.05) is 0 Å². The van der Waals surface area contributed by atoms with Gasteiger partial charge in [0.05, 0.1) is 6.54 Å². The number of carbonyl (C=O) groups excluding carboxylic acids is 2. The maximum Gasteiger partial charge on any atom is 0.256 e. The molecule has 0 aromatic carbocycles. The van der Waals surface area contributed by atoms with E-state index < -0.39 is 5.91 Å². The quantitative estimate of drug-likeness (QED) is 0.477. The third-order valence-corrected chi connectivity index (χ3v) is 1.53. The Balaban J connectivity index is 2.77. The molecule has 1 rings (SSSR count). The number of carbonyl (C=O) groups is 2. The van der Waals surface area contributed by atoms with Crippen LogP contribution in [0.4, 0.5) is 0 Å². The molecule has 2 amide bonds. The number of aliphatic hydroxyl groups excluding tert-OH is 1. The highest BCUT2D eigenvalue weighted by molar-refractivity contribution is 6.15. The van der Waals surface area contributed by atoms with E-state index in [-0.39, 0.29) is 18.2 Å². The highest BCUT2D eigenvalue weighted by Crippen LogP contribution is 2.12. The van der Waals surface area contributed by atoms with Crippen molar-refractivity contribution in [2.75, 3.05) is 6.54 Å². The van der Waals surface area contributed by atoms with Gasteiger partial charge in [-0.05, 0) is 6.92 Å². The van der Waals surface area contributed by atoms with Gasteiger partial charge in [-0.15, -0.1) is 0 Å². The number of aliphatic hydroxyl groups is 1. The Labute approximate surface area is 69.8 Å². The molecule has 0 saturated heterocycles. The normalized spacial score (nSPS) is 16.8. The maximum absolute atomic E-state index is 11.1. The van der Waals surface area contributed by atoms with Gasteiger partial charge in [-0.3, -0.25) is 14.5 Å². The Morgan fingerprint density at radius 1 is 1.67 bits per heavy atom. The largest absolute Gasteiger partial charge is 0.511 e. The van der Waals surface area contributed by atoms with Gasteiger partial charge in [0.2, 0.25) is 0 Å². The van der Waals surface area contributed by atoms with Crippen molar-refractivity contribution < 1.29 is 14.7 Å². The van der Waals surface area contributed by atoms with Crippen LogP contribution in [0.5, 0.6) is 0 Å². The summed E-state index contributed by atoms with van der Waals surface area (Å²) in [6.45, 7) is 4.64. The summed E-state index contributed by atoms with van der Waals surface area (Å²) in [6, 6.07) is 0. The zero-order valence-electron chi connectivity index (χ0n) is 6.70. The first-order chi connectivity index (χ1) is 5.52. The van der Waals surface area contributed by atoms with E-state index in [0.717, 1.165) is 4.90 Å². The first-order valence-corrected chi connectivity index (χ1v) is 3.43. The minimum absolute atomic E-state index is 0.120. The van der Waals surface area contributed by atoms with E-state index in [2.05, 4.69) is 6.58 Å². The van der Waals surface area contributed by atoms with Crippen LogP contribution in [-0.2, 0) is 9.59 Å². The fraction of sp³-hybridized carbons (Fsp3) is 0.250. The van der Waals surface area contributed by atoms with Crippen LogP contribution in [0, 0.1) is 0 Å². The SMILES string of the molecule is C=C(O)CN1C(=O)C=C(C)C1=O. The second-order valence-corrected chi connectivity index (χ2v) is 2.62. The lowest BCUT2D eigenvalue weighted by Gasteiger charge is -2.12. The molecule has 1 N–H and O–H groups in total. The predicted molar refractivity (Wildman–Crippen MR) is 42.2 cm³/mol. The van der Waals surface area contributed by atoms with Crippen molar-refractivity contribution in [3.63, 3.8) is 0 Å². The summed E-state index contributed by atoms with van der Waals surface area (Å²) in [5.41, 5.74) is 0.390. The summed E-state index contributed by atoms with van der Waals surface area (Å²) in [4.78, 5) is 23.1. The Morgan fingerprint density at radius 2 is 2.25 bits per heavy atom. The minimum atomic E-state index is -0.396. The number of hydrogen-bond donors (Lipinski definition) is 1. The van der Waals surface area contributed by atoms with Gasteiger partial charge >= 0.3 is 0 Å². The molecule has 4 nitrogen and oxygen atoms in total. The first kappa shape index (κ1) is 8.52. The molecule has 0 aromatic rings. The van der Waals surface area contributed by atoms with Crippen LogP contribution in [0.3, 0.4) is 0 Å². The molecule has 4 heteroatoms. The summed E-state index contributed by atoms with van der Waals surface area (Å²) in [5.74, 6) is -0.956. The van der Waals surface area contributed by atoms with E-state index in [9.17, 15) is 9.59 Å². The van der Waals surface area contributed by atoms with E-state index in [1.54, 1.807) is 6.92 Å². The van der Waals surface area contributed by atoms with Crippen LogP contribution < -0.4 is 0 Å². The van der Waals surface area contributed by atoms with Crippen molar-refractivity contribution in [2.45, 2.75) is 6.92 Å². The second kappa shape index (κ2) is 2.81. The summed E-state index contributed by atoms with van der Waals surface area (Å²) in [7, 11) is 0. The van der Waals surface area contributed by atoms with Gasteiger partial charge < -0.3 is 5.11 Å².